The Hall–Kier alpha value is -1.89. The Labute approximate surface area is 121 Å². The largest absolute Gasteiger partial charge is 0.370 e. The van der Waals surface area contributed by atoms with Crippen LogP contribution < -0.4 is 15.5 Å². The zero-order chi connectivity index (χ0) is 14.4. The molecule has 0 radical (unpaired) electrons. The maximum absolute atomic E-state index is 11.1. The normalized spacial score (nSPS) is 10.5. The molecule has 0 aliphatic rings. The van der Waals surface area contributed by atoms with Crippen molar-refractivity contribution in [2.24, 2.45) is 0 Å². The molecule has 0 spiro atoms. The van der Waals surface area contributed by atoms with Crippen LogP contribution in [0.5, 0.6) is 0 Å². The summed E-state index contributed by atoms with van der Waals surface area (Å²) in [7, 11) is 0. The first-order chi connectivity index (χ1) is 9.71. The summed E-state index contributed by atoms with van der Waals surface area (Å²) in [6.07, 6.45) is 1.86. The van der Waals surface area contributed by atoms with Gasteiger partial charge >= 0.3 is 4.87 Å². The standard InChI is InChI=1S/C13H19N5OS/c1-3-5-10-17-11(14-4-2)6-12(18-10)15-7-9-8-20-13(19)16-9/h6,8H,3-5,7H2,1-2H3,(H,16,19)(H2,14,15,17,18). The van der Waals surface area contributed by atoms with E-state index in [1.54, 1.807) is 0 Å². The maximum Gasteiger partial charge on any atom is 0.304 e. The van der Waals surface area contributed by atoms with Crippen LogP contribution in [0.15, 0.2) is 16.2 Å². The van der Waals surface area contributed by atoms with E-state index in [1.165, 1.54) is 11.3 Å². The second kappa shape index (κ2) is 7.04. The third kappa shape index (κ3) is 4.06. The average Bonchev–Trinajstić information content (AvgIpc) is 2.83. The molecule has 0 aliphatic carbocycles. The predicted molar refractivity (Wildman–Crippen MR) is 82.5 cm³/mol. The van der Waals surface area contributed by atoms with E-state index in [9.17, 15) is 4.79 Å². The molecule has 0 bridgehead atoms. The number of aromatic amines is 1. The van der Waals surface area contributed by atoms with Crippen molar-refractivity contribution < 1.29 is 0 Å². The zero-order valence-electron chi connectivity index (χ0n) is 11.7. The Morgan fingerprint density at radius 1 is 1.25 bits per heavy atom. The fraction of sp³-hybridized carbons (Fsp3) is 0.462. The minimum absolute atomic E-state index is 0.0375. The first-order valence-electron chi connectivity index (χ1n) is 6.73. The van der Waals surface area contributed by atoms with Crippen LogP contribution in [-0.4, -0.2) is 21.5 Å². The summed E-state index contributed by atoms with van der Waals surface area (Å²) in [4.78, 5) is 22.7. The zero-order valence-corrected chi connectivity index (χ0v) is 12.5. The van der Waals surface area contributed by atoms with E-state index in [2.05, 4.69) is 32.5 Å². The van der Waals surface area contributed by atoms with Crippen molar-refractivity contribution in [3.63, 3.8) is 0 Å². The van der Waals surface area contributed by atoms with Gasteiger partial charge in [-0.15, -0.1) is 0 Å². The Morgan fingerprint density at radius 2 is 2.00 bits per heavy atom. The second-order valence-corrected chi connectivity index (χ2v) is 5.20. The van der Waals surface area contributed by atoms with Gasteiger partial charge in [-0.25, -0.2) is 9.97 Å². The molecule has 3 N–H and O–H groups in total. The van der Waals surface area contributed by atoms with Gasteiger partial charge in [0.05, 0.1) is 6.54 Å². The van der Waals surface area contributed by atoms with Crippen molar-refractivity contribution in [1.82, 2.24) is 15.0 Å². The lowest BCUT2D eigenvalue weighted by molar-refractivity contribution is 0.833. The number of nitrogens with one attached hydrogen (secondary N) is 3. The van der Waals surface area contributed by atoms with Gasteiger partial charge in [0.2, 0.25) is 0 Å². The van der Waals surface area contributed by atoms with Gasteiger partial charge in [-0.05, 0) is 13.3 Å². The van der Waals surface area contributed by atoms with Crippen molar-refractivity contribution in [3.05, 3.63) is 32.6 Å². The number of rotatable bonds is 7. The summed E-state index contributed by atoms with van der Waals surface area (Å²) < 4.78 is 0. The fourth-order valence-corrected chi connectivity index (χ4v) is 2.36. The van der Waals surface area contributed by atoms with Gasteiger partial charge in [0.15, 0.2) is 0 Å². The van der Waals surface area contributed by atoms with Gasteiger partial charge in [0, 0.05) is 30.1 Å². The molecule has 6 nitrogen and oxygen atoms in total. The summed E-state index contributed by atoms with van der Waals surface area (Å²) in [6.45, 7) is 5.50. The molecule has 0 atom stereocenters. The topological polar surface area (TPSA) is 82.7 Å². The van der Waals surface area contributed by atoms with Crippen LogP contribution in [0.2, 0.25) is 0 Å². The smallest absolute Gasteiger partial charge is 0.304 e. The van der Waals surface area contributed by atoms with Gasteiger partial charge in [0.1, 0.15) is 17.5 Å². The minimum atomic E-state index is -0.0375. The number of hydrogen-bond donors (Lipinski definition) is 3. The van der Waals surface area contributed by atoms with Crippen LogP contribution in [0.25, 0.3) is 0 Å². The molecule has 0 aliphatic heterocycles. The highest BCUT2D eigenvalue weighted by Crippen LogP contribution is 2.13. The molecule has 2 aromatic heterocycles. The van der Waals surface area contributed by atoms with Crippen LogP contribution in [0.1, 0.15) is 31.8 Å². The molecule has 0 fully saturated rings. The van der Waals surface area contributed by atoms with Crippen molar-refractivity contribution in [2.75, 3.05) is 17.2 Å². The molecular weight excluding hydrogens is 274 g/mol. The fourth-order valence-electron chi connectivity index (χ4n) is 1.78. The Bertz CT molecular complexity index is 583. The molecule has 0 amide bonds. The number of hydrogen-bond acceptors (Lipinski definition) is 6. The van der Waals surface area contributed by atoms with E-state index in [0.717, 1.165) is 42.5 Å². The molecule has 2 aromatic rings. The first kappa shape index (κ1) is 14.5. The number of nitrogens with zero attached hydrogens (tertiary/aromatic N) is 2. The lowest BCUT2D eigenvalue weighted by Gasteiger charge is -2.09. The van der Waals surface area contributed by atoms with Crippen LogP contribution in [0, 0.1) is 0 Å². The van der Waals surface area contributed by atoms with Gasteiger partial charge in [-0.3, -0.25) is 4.79 Å². The molecule has 7 heteroatoms. The van der Waals surface area contributed by atoms with E-state index < -0.39 is 0 Å². The molecule has 0 aromatic carbocycles. The lowest BCUT2D eigenvalue weighted by atomic mass is 10.3. The summed E-state index contributed by atoms with van der Waals surface area (Å²) >= 11 is 1.17. The van der Waals surface area contributed by atoms with Crippen molar-refractivity contribution in [1.29, 1.82) is 0 Å². The maximum atomic E-state index is 11.1. The van der Waals surface area contributed by atoms with Gasteiger partial charge in [-0.1, -0.05) is 18.3 Å². The molecular formula is C13H19N5OS. The number of aryl methyl sites for hydroxylation is 1. The summed E-state index contributed by atoms with van der Waals surface area (Å²) in [5, 5.41) is 8.23. The molecule has 0 unspecified atom stereocenters. The molecule has 2 heterocycles. The quantitative estimate of drug-likeness (QED) is 0.729. The van der Waals surface area contributed by atoms with Gasteiger partial charge in [-0.2, -0.15) is 0 Å². The number of anilines is 2. The first-order valence-corrected chi connectivity index (χ1v) is 7.61. The summed E-state index contributed by atoms with van der Waals surface area (Å²) in [5.74, 6) is 2.42. The van der Waals surface area contributed by atoms with Crippen molar-refractivity contribution in [2.45, 2.75) is 33.2 Å². The second-order valence-electron chi connectivity index (χ2n) is 4.36. The Morgan fingerprint density at radius 3 is 2.60 bits per heavy atom. The third-order valence-corrected chi connectivity index (χ3v) is 3.35. The Balaban J connectivity index is 2.10. The van der Waals surface area contributed by atoms with E-state index in [4.69, 9.17) is 0 Å². The molecule has 0 saturated carbocycles. The predicted octanol–water partition coefficient (Wildman–Crippen LogP) is 2.22. The van der Waals surface area contributed by atoms with Crippen LogP contribution in [0.3, 0.4) is 0 Å². The number of H-pyrrole nitrogens is 1. The number of thiazole rings is 1. The van der Waals surface area contributed by atoms with Crippen LogP contribution >= 0.6 is 11.3 Å². The summed E-state index contributed by atoms with van der Waals surface area (Å²) in [6, 6.07) is 1.88. The average molecular weight is 293 g/mol. The van der Waals surface area contributed by atoms with E-state index in [0.29, 0.717) is 6.54 Å². The highest BCUT2D eigenvalue weighted by molar-refractivity contribution is 7.07. The van der Waals surface area contributed by atoms with Crippen LogP contribution in [0.4, 0.5) is 11.6 Å². The molecule has 0 saturated heterocycles. The molecule has 108 valence electrons. The van der Waals surface area contributed by atoms with E-state index >= 15 is 0 Å². The van der Waals surface area contributed by atoms with Crippen molar-refractivity contribution >= 4 is 23.0 Å². The Kier molecular flexibility index (Phi) is 5.11. The highest BCUT2D eigenvalue weighted by atomic mass is 32.1. The highest BCUT2D eigenvalue weighted by Gasteiger charge is 2.04. The van der Waals surface area contributed by atoms with Crippen LogP contribution in [-0.2, 0) is 13.0 Å². The van der Waals surface area contributed by atoms with Crippen molar-refractivity contribution in [3.8, 4) is 0 Å². The van der Waals surface area contributed by atoms with Gasteiger partial charge in [0.25, 0.3) is 0 Å². The third-order valence-electron chi connectivity index (χ3n) is 2.63. The van der Waals surface area contributed by atoms with E-state index in [-0.39, 0.29) is 4.87 Å². The minimum Gasteiger partial charge on any atom is -0.370 e. The molecule has 2 rings (SSSR count). The summed E-state index contributed by atoms with van der Waals surface area (Å²) in [5.41, 5.74) is 0.862. The monoisotopic (exact) mass is 293 g/mol. The molecule has 20 heavy (non-hydrogen) atoms. The van der Waals surface area contributed by atoms with Gasteiger partial charge < -0.3 is 15.6 Å². The lowest BCUT2D eigenvalue weighted by Crippen LogP contribution is -2.09. The SMILES string of the molecule is CCCc1nc(NCC)cc(NCc2csc(=O)[nH]2)n1. The van der Waals surface area contributed by atoms with E-state index in [1.807, 2.05) is 18.4 Å². The number of aromatic nitrogens is 3.